The standard InChI is InChI=1S/C18H33NO2Si/c1-12(21-22(8,9)18(5,6)7)14-15-13(17(2,3)4)10-11-19(15)16(14)20/h10,12,14-15H,11H2,1-9H3/t12-,14-,15-/m1/s1. The highest BCUT2D eigenvalue weighted by atomic mass is 28.4. The minimum atomic E-state index is -1.84. The largest absolute Gasteiger partial charge is 0.413 e. The molecule has 126 valence electrons. The van der Waals surface area contributed by atoms with Gasteiger partial charge in [0.05, 0.1) is 18.1 Å². The number of hydrogen-bond donors (Lipinski definition) is 0. The van der Waals surface area contributed by atoms with Crippen LogP contribution in [-0.4, -0.2) is 37.8 Å². The van der Waals surface area contributed by atoms with E-state index < -0.39 is 8.32 Å². The van der Waals surface area contributed by atoms with Crippen LogP contribution >= 0.6 is 0 Å². The highest BCUT2D eigenvalue weighted by Crippen LogP contribution is 2.47. The van der Waals surface area contributed by atoms with Crippen LogP contribution in [0, 0.1) is 11.3 Å². The quantitative estimate of drug-likeness (QED) is 0.442. The van der Waals surface area contributed by atoms with Crippen molar-refractivity contribution in [3.8, 4) is 0 Å². The van der Waals surface area contributed by atoms with Gasteiger partial charge in [-0.15, -0.1) is 0 Å². The van der Waals surface area contributed by atoms with Gasteiger partial charge in [0.25, 0.3) is 0 Å². The average molecular weight is 324 g/mol. The van der Waals surface area contributed by atoms with E-state index in [1.807, 2.05) is 4.90 Å². The van der Waals surface area contributed by atoms with E-state index in [2.05, 4.69) is 67.6 Å². The van der Waals surface area contributed by atoms with E-state index in [1.54, 1.807) is 0 Å². The summed E-state index contributed by atoms with van der Waals surface area (Å²) >= 11 is 0. The highest BCUT2D eigenvalue weighted by molar-refractivity contribution is 6.74. The maximum atomic E-state index is 12.5. The summed E-state index contributed by atoms with van der Waals surface area (Å²) in [5.41, 5.74) is 1.53. The van der Waals surface area contributed by atoms with Gasteiger partial charge in [-0.05, 0) is 36.0 Å². The van der Waals surface area contributed by atoms with Crippen LogP contribution in [0.3, 0.4) is 0 Å². The van der Waals surface area contributed by atoms with E-state index in [4.69, 9.17) is 4.43 Å². The second-order valence-electron chi connectivity index (χ2n) is 9.45. The number of carbonyl (C=O) groups is 1. The molecule has 1 fully saturated rings. The van der Waals surface area contributed by atoms with Crippen molar-refractivity contribution in [3.63, 3.8) is 0 Å². The van der Waals surface area contributed by atoms with E-state index in [9.17, 15) is 4.79 Å². The number of amides is 1. The van der Waals surface area contributed by atoms with Crippen LogP contribution in [0.25, 0.3) is 0 Å². The van der Waals surface area contributed by atoms with E-state index >= 15 is 0 Å². The number of fused-ring (bicyclic) bond motifs is 1. The Morgan fingerprint density at radius 2 is 1.77 bits per heavy atom. The topological polar surface area (TPSA) is 29.5 Å². The molecular formula is C18H33NO2Si. The number of carbonyl (C=O) groups excluding carboxylic acids is 1. The van der Waals surface area contributed by atoms with Crippen LogP contribution in [0.2, 0.25) is 18.1 Å². The minimum absolute atomic E-state index is 0.00140. The molecule has 2 aliphatic heterocycles. The summed E-state index contributed by atoms with van der Waals surface area (Å²) < 4.78 is 6.51. The highest BCUT2D eigenvalue weighted by Gasteiger charge is 2.56. The second kappa shape index (κ2) is 5.20. The third-order valence-corrected chi connectivity index (χ3v) is 10.3. The summed E-state index contributed by atoms with van der Waals surface area (Å²) in [6.07, 6.45) is 2.25. The molecular weight excluding hydrogens is 290 g/mol. The van der Waals surface area contributed by atoms with Gasteiger partial charge in [0, 0.05) is 6.54 Å². The number of nitrogens with zero attached hydrogens (tertiary/aromatic N) is 1. The van der Waals surface area contributed by atoms with Crippen LogP contribution in [0.1, 0.15) is 48.5 Å². The molecule has 0 unspecified atom stereocenters. The monoisotopic (exact) mass is 323 g/mol. The van der Waals surface area contributed by atoms with Crippen molar-refractivity contribution in [1.29, 1.82) is 0 Å². The van der Waals surface area contributed by atoms with Gasteiger partial charge >= 0.3 is 0 Å². The molecule has 0 aliphatic carbocycles. The Balaban J connectivity index is 2.16. The maximum Gasteiger partial charge on any atom is 0.231 e. The summed E-state index contributed by atoms with van der Waals surface area (Å²) in [6.45, 7) is 20.9. The van der Waals surface area contributed by atoms with Gasteiger partial charge in [0.2, 0.25) is 5.91 Å². The number of rotatable bonds is 3. The molecule has 0 aromatic carbocycles. The number of hydrogen-bond acceptors (Lipinski definition) is 2. The Morgan fingerprint density at radius 3 is 2.23 bits per heavy atom. The molecule has 0 spiro atoms. The van der Waals surface area contributed by atoms with Gasteiger partial charge in [0.15, 0.2) is 8.32 Å². The summed E-state index contributed by atoms with van der Waals surface area (Å²) in [4.78, 5) is 14.5. The van der Waals surface area contributed by atoms with Crippen molar-refractivity contribution in [2.24, 2.45) is 11.3 Å². The zero-order chi connectivity index (χ0) is 17.1. The first-order chi connectivity index (χ1) is 9.77. The lowest BCUT2D eigenvalue weighted by Gasteiger charge is -2.51. The molecule has 2 rings (SSSR count). The minimum Gasteiger partial charge on any atom is -0.413 e. The molecule has 0 radical (unpaired) electrons. The lowest BCUT2D eigenvalue weighted by atomic mass is 9.73. The number of β-lactam (4-membered cyclic amide) rings is 1. The Labute approximate surface area is 137 Å². The van der Waals surface area contributed by atoms with Gasteiger partial charge in [-0.2, -0.15) is 0 Å². The van der Waals surface area contributed by atoms with Gasteiger partial charge in [0.1, 0.15) is 0 Å². The zero-order valence-corrected chi connectivity index (χ0v) is 16.8. The van der Waals surface area contributed by atoms with Crippen LogP contribution in [0.15, 0.2) is 11.6 Å². The van der Waals surface area contributed by atoms with Crippen molar-refractivity contribution < 1.29 is 9.22 Å². The van der Waals surface area contributed by atoms with Crippen LogP contribution in [-0.2, 0) is 9.22 Å². The van der Waals surface area contributed by atoms with E-state index in [-0.39, 0.29) is 34.4 Å². The van der Waals surface area contributed by atoms with Crippen molar-refractivity contribution in [1.82, 2.24) is 4.90 Å². The lowest BCUT2D eigenvalue weighted by Crippen LogP contribution is -2.64. The Bertz CT molecular complexity index is 496. The Morgan fingerprint density at radius 1 is 1.23 bits per heavy atom. The molecule has 0 N–H and O–H groups in total. The Kier molecular flexibility index (Phi) is 4.19. The molecule has 3 nitrogen and oxygen atoms in total. The molecule has 4 heteroatoms. The summed E-state index contributed by atoms with van der Waals surface area (Å²) in [5, 5.41) is 0.173. The molecule has 3 atom stereocenters. The first-order valence-corrected chi connectivity index (χ1v) is 11.4. The normalized spacial score (nSPS) is 27.4. The predicted octanol–water partition coefficient (Wildman–Crippen LogP) is 4.21. The van der Waals surface area contributed by atoms with Crippen LogP contribution in [0.5, 0.6) is 0 Å². The molecule has 2 aliphatic rings. The fourth-order valence-corrected chi connectivity index (χ4v) is 4.81. The van der Waals surface area contributed by atoms with Gasteiger partial charge in [-0.1, -0.05) is 47.6 Å². The summed E-state index contributed by atoms with van der Waals surface area (Å²) in [7, 11) is -1.84. The fourth-order valence-electron chi connectivity index (χ4n) is 3.38. The molecule has 22 heavy (non-hydrogen) atoms. The van der Waals surface area contributed by atoms with Crippen LogP contribution < -0.4 is 0 Å². The second-order valence-corrected chi connectivity index (χ2v) is 14.2. The predicted molar refractivity (Wildman–Crippen MR) is 94.3 cm³/mol. The smallest absolute Gasteiger partial charge is 0.231 e. The molecule has 0 aromatic heterocycles. The average Bonchev–Trinajstić information content (AvgIpc) is 2.65. The van der Waals surface area contributed by atoms with Gasteiger partial charge in [-0.25, -0.2) is 0 Å². The molecule has 1 saturated heterocycles. The summed E-state index contributed by atoms with van der Waals surface area (Å²) in [5.74, 6) is 0.272. The fraction of sp³-hybridized carbons (Fsp3) is 0.833. The van der Waals surface area contributed by atoms with Crippen molar-refractivity contribution >= 4 is 14.2 Å². The molecule has 1 amide bonds. The molecule has 0 aromatic rings. The maximum absolute atomic E-state index is 12.5. The van der Waals surface area contributed by atoms with E-state index in [0.717, 1.165) is 6.54 Å². The van der Waals surface area contributed by atoms with Gasteiger partial charge < -0.3 is 9.33 Å². The molecule has 2 heterocycles. The summed E-state index contributed by atoms with van der Waals surface area (Å²) in [6, 6.07) is 0.257. The Hall–Kier alpha value is -0.613. The zero-order valence-electron chi connectivity index (χ0n) is 15.8. The first kappa shape index (κ1) is 17.7. The van der Waals surface area contributed by atoms with Crippen molar-refractivity contribution in [2.75, 3.05) is 6.54 Å². The van der Waals surface area contributed by atoms with Gasteiger partial charge in [-0.3, -0.25) is 4.79 Å². The molecule has 0 bridgehead atoms. The van der Waals surface area contributed by atoms with Crippen molar-refractivity contribution in [3.05, 3.63) is 11.6 Å². The van der Waals surface area contributed by atoms with E-state index in [0.29, 0.717) is 0 Å². The SMILES string of the molecule is C[C@@H](O[Si](C)(C)C(C)(C)C)[C@H]1C(=O)N2CC=C(C(C)(C)C)[C@H]12. The van der Waals surface area contributed by atoms with Crippen molar-refractivity contribution in [2.45, 2.75) is 78.7 Å². The molecule has 0 saturated carbocycles. The first-order valence-electron chi connectivity index (χ1n) is 8.46. The van der Waals surface area contributed by atoms with Crippen LogP contribution in [0.4, 0.5) is 0 Å². The van der Waals surface area contributed by atoms with E-state index in [1.165, 1.54) is 5.57 Å². The third-order valence-electron chi connectivity index (χ3n) is 5.73. The third kappa shape index (κ3) is 2.80. The lowest BCUT2D eigenvalue weighted by molar-refractivity contribution is -0.157.